The van der Waals surface area contributed by atoms with Gasteiger partial charge < -0.3 is 10.4 Å². The molecule has 1 amide bonds. The summed E-state index contributed by atoms with van der Waals surface area (Å²) in [5, 5.41) is 12.9. The molecule has 1 heterocycles. The summed E-state index contributed by atoms with van der Waals surface area (Å²) in [5.41, 5.74) is 1.17. The molecule has 3 fully saturated rings. The summed E-state index contributed by atoms with van der Waals surface area (Å²) in [6.07, 6.45) is 10.0. The molecular formula is C20H29NO3. The summed E-state index contributed by atoms with van der Waals surface area (Å²) < 4.78 is 0. The molecule has 0 aromatic carbocycles. The first kappa shape index (κ1) is 16.2. The minimum atomic E-state index is -0.594. The van der Waals surface area contributed by atoms with Crippen molar-refractivity contribution in [2.24, 2.45) is 34.5 Å². The van der Waals surface area contributed by atoms with Gasteiger partial charge in [0.1, 0.15) is 0 Å². The van der Waals surface area contributed by atoms with Gasteiger partial charge in [0.15, 0.2) is 0 Å². The summed E-state index contributed by atoms with van der Waals surface area (Å²) in [7, 11) is 0. The van der Waals surface area contributed by atoms with Crippen LogP contribution in [0.5, 0.6) is 0 Å². The van der Waals surface area contributed by atoms with Gasteiger partial charge in [-0.25, -0.2) is 0 Å². The fourth-order valence-electron chi connectivity index (χ4n) is 6.80. The molecule has 1 saturated heterocycles. The van der Waals surface area contributed by atoms with Gasteiger partial charge in [-0.2, -0.15) is 0 Å². The summed E-state index contributed by atoms with van der Waals surface area (Å²) in [5.74, 6) is 1.06. The second kappa shape index (κ2) is 5.34. The number of piperidine rings is 1. The van der Waals surface area contributed by atoms with E-state index in [0.717, 1.165) is 44.2 Å². The lowest BCUT2D eigenvalue weighted by atomic mass is 9.45. The van der Waals surface area contributed by atoms with E-state index >= 15 is 0 Å². The molecule has 24 heavy (non-hydrogen) atoms. The highest BCUT2D eigenvalue weighted by Gasteiger charge is 2.58. The van der Waals surface area contributed by atoms with Crippen LogP contribution in [0.1, 0.15) is 65.2 Å². The van der Waals surface area contributed by atoms with Gasteiger partial charge in [0.25, 0.3) is 0 Å². The third-order valence-electron chi connectivity index (χ3n) is 8.15. The molecule has 1 aliphatic heterocycles. The number of carbonyl (C=O) groups is 2. The number of rotatable bonds is 1. The van der Waals surface area contributed by atoms with Crippen LogP contribution in [0.3, 0.4) is 0 Å². The van der Waals surface area contributed by atoms with Crippen molar-refractivity contribution in [1.29, 1.82) is 0 Å². The zero-order valence-electron chi connectivity index (χ0n) is 14.8. The Hall–Kier alpha value is -1.32. The number of carboxylic acid groups (broad SMARTS) is 1. The largest absolute Gasteiger partial charge is 0.481 e. The van der Waals surface area contributed by atoms with Crippen LogP contribution >= 0.6 is 0 Å². The fraction of sp³-hybridized carbons (Fsp3) is 0.800. The number of carbonyl (C=O) groups excluding carboxylic acids is 1. The summed E-state index contributed by atoms with van der Waals surface area (Å²) in [6, 6.07) is 0. The van der Waals surface area contributed by atoms with Crippen LogP contribution in [0.2, 0.25) is 0 Å². The molecule has 6 atom stereocenters. The molecule has 0 bridgehead atoms. The average Bonchev–Trinajstić information content (AvgIpc) is 2.54. The normalized spacial score (nSPS) is 47.6. The Kier molecular flexibility index (Phi) is 3.59. The van der Waals surface area contributed by atoms with Crippen LogP contribution in [0.25, 0.3) is 0 Å². The van der Waals surface area contributed by atoms with Gasteiger partial charge in [0.05, 0.1) is 5.92 Å². The first-order chi connectivity index (χ1) is 11.4. The van der Waals surface area contributed by atoms with E-state index in [-0.39, 0.29) is 22.7 Å². The van der Waals surface area contributed by atoms with Crippen LogP contribution in [0.4, 0.5) is 0 Å². The second-order valence-electron chi connectivity index (χ2n) is 9.06. The number of hydrogen-bond acceptors (Lipinski definition) is 2. The van der Waals surface area contributed by atoms with Crippen molar-refractivity contribution in [2.75, 3.05) is 0 Å². The highest BCUT2D eigenvalue weighted by Crippen LogP contribution is 2.63. The molecule has 2 saturated carbocycles. The fourth-order valence-corrected chi connectivity index (χ4v) is 6.80. The molecule has 4 heteroatoms. The van der Waals surface area contributed by atoms with Crippen molar-refractivity contribution >= 4 is 11.9 Å². The Balaban J connectivity index is 1.68. The first-order valence-corrected chi connectivity index (χ1v) is 9.59. The third kappa shape index (κ3) is 2.11. The minimum Gasteiger partial charge on any atom is -0.481 e. The molecule has 0 radical (unpaired) electrons. The molecule has 0 spiro atoms. The quantitative estimate of drug-likeness (QED) is 0.769. The summed E-state index contributed by atoms with van der Waals surface area (Å²) >= 11 is 0. The van der Waals surface area contributed by atoms with Crippen molar-refractivity contribution in [3.8, 4) is 0 Å². The van der Waals surface area contributed by atoms with Crippen molar-refractivity contribution in [3.05, 3.63) is 11.8 Å². The van der Waals surface area contributed by atoms with Gasteiger partial charge in [0, 0.05) is 17.5 Å². The maximum Gasteiger partial charge on any atom is 0.307 e. The SMILES string of the molecule is C[C@]12CC[C@H]3C(CC=C4NC(=O)CC[C@@]43C)[C@@H]1CCC[C@@H]2C(=O)O. The topological polar surface area (TPSA) is 66.4 Å². The van der Waals surface area contributed by atoms with Crippen molar-refractivity contribution in [1.82, 2.24) is 5.32 Å². The monoisotopic (exact) mass is 331 g/mol. The van der Waals surface area contributed by atoms with Gasteiger partial charge in [-0.05, 0) is 61.7 Å². The lowest BCUT2D eigenvalue weighted by molar-refractivity contribution is -0.160. The highest BCUT2D eigenvalue weighted by atomic mass is 16.4. The van der Waals surface area contributed by atoms with Crippen LogP contribution in [-0.2, 0) is 9.59 Å². The Morgan fingerprint density at radius 3 is 2.75 bits per heavy atom. The van der Waals surface area contributed by atoms with E-state index < -0.39 is 5.97 Å². The van der Waals surface area contributed by atoms with Crippen LogP contribution in [-0.4, -0.2) is 17.0 Å². The highest BCUT2D eigenvalue weighted by molar-refractivity contribution is 5.79. The predicted octanol–water partition coefficient (Wildman–Crippen LogP) is 3.72. The van der Waals surface area contributed by atoms with Gasteiger partial charge in [-0.1, -0.05) is 26.3 Å². The molecule has 0 aromatic rings. The Bertz CT molecular complexity index is 612. The van der Waals surface area contributed by atoms with Gasteiger partial charge >= 0.3 is 5.97 Å². The zero-order valence-corrected chi connectivity index (χ0v) is 14.8. The molecule has 0 aromatic heterocycles. The average molecular weight is 331 g/mol. The van der Waals surface area contributed by atoms with E-state index in [9.17, 15) is 14.7 Å². The Labute approximate surface area is 144 Å². The van der Waals surface area contributed by atoms with E-state index in [1.54, 1.807) is 0 Å². The standard InChI is InChI=1S/C20H29NO3/c1-19-10-8-14-12(13(19)4-3-5-15(19)18(23)24)6-7-16-20(14,2)11-9-17(22)21-16/h7,12-15H,3-6,8-11H2,1-2H3,(H,21,22)(H,23,24)/t12?,13-,14-,15+,19-,20+/m0/s1. The van der Waals surface area contributed by atoms with Gasteiger partial charge in [0.2, 0.25) is 5.91 Å². The van der Waals surface area contributed by atoms with Crippen LogP contribution < -0.4 is 5.32 Å². The van der Waals surface area contributed by atoms with Gasteiger partial charge in [-0.15, -0.1) is 0 Å². The number of hydrogen-bond donors (Lipinski definition) is 2. The molecule has 4 aliphatic rings. The van der Waals surface area contributed by atoms with Gasteiger partial charge in [-0.3, -0.25) is 9.59 Å². The molecule has 132 valence electrons. The predicted molar refractivity (Wildman–Crippen MR) is 91.0 cm³/mol. The molecule has 4 nitrogen and oxygen atoms in total. The minimum absolute atomic E-state index is 0.0507. The smallest absolute Gasteiger partial charge is 0.307 e. The van der Waals surface area contributed by atoms with E-state index in [2.05, 4.69) is 25.2 Å². The van der Waals surface area contributed by atoms with E-state index in [0.29, 0.717) is 24.2 Å². The lowest BCUT2D eigenvalue weighted by Gasteiger charge is -2.60. The number of nitrogens with one attached hydrogen (secondary N) is 1. The third-order valence-corrected chi connectivity index (χ3v) is 8.15. The van der Waals surface area contributed by atoms with E-state index in [1.807, 2.05) is 0 Å². The summed E-state index contributed by atoms with van der Waals surface area (Å²) in [6.45, 7) is 4.57. The molecule has 4 rings (SSSR count). The van der Waals surface area contributed by atoms with Crippen molar-refractivity contribution in [2.45, 2.75) is 65.2 Å². The second-order valence-corrected chi connectivity index (χ2v) is 9.06. The molecule has 3 aliphatic carbocycles. The maximum atomic E-state index is 11.8. The Morgan fingerprint density at radius 2 is 2.00 bits per heavy atom. The Morgan fingerprint density at radius 1 is 1.21 bits per heavy atom. The van der Waals surface area contributed by atoms with Crippen molar-refractivity contribution < 1.29 is 14.7 Å². The lowest BCUT2D eigenvalue weighted by Crippen LogP contribution is -2.56. The number of amides is 1. The molecular weight excluding hydrogens is 302 g/mol. The van der Waals surface area contributed by atoms with E-state index in [1.165, 1.54) is 6.42 Å². The molecule has 1 unspecified atom stereocenters. The van der Waals surface area contributed by atoms with Crippen LogP contribution in [0, 0.1) is 34.5 Å². The van der Waals surface area contributed by atoms with E-state index in [4.69, 9.17) is 0 Å². The number of fused-ring (bicyclic) bond motifs is 5. The number of carboxylic acids is 1. The maximum absolute atomic E-state index is 11.8. The number of aliphatic carboxylic acids is 1. The zero-order chi connectivity index (χ0) is 17.1. The first-order valence-electron chi connectivity index (χ1n) is 9.59. The van der Waals surface area contributed by atoms with Crippen LogP contribution in [0.15, 0.2) is 11.8 Å². The number of allylic oxidation sites excluding steroid dienone is 2. The summed E-state index contributed by atoms with van der Waals surface area (Å²) in [4.78, 5) is 23.6. The van der Waals surface area contributed by atoms with Crippen molar-refractivity contribution in [3.63, 3.8) is 0 Å². The molecule has 2 N–H and O–H groups in total.